The van der Waals surface area contributed by atoms with Crippen molar-refractivity contribution in [3.63, 3.8) is 0 Å². The molecular formula is C17H19ClN2O6. The Hall–Kier alpha value is -2.74. The van der Waals surface area contributed by atoms with E-state index in [9.17, 15) is 14.4 Å². The van der Waals surface area contributed by atoms with Gasteiger partial charge in [-0.25, -0.2) is 9.59 Å². The minimum Gasteiger partial charge on any atom is -0.490 e. The number of nitrogens with one attached hydrogen (secondary N) is 1. The highest BCUT2D eigenvalue weighted by Gasteiger charge is 2.30. The molecule has 8 nitrogen and oxygen atoms in total. The minimum absolute atomic E-state index is 0.121. The van der Waals surface area contributed by atoms with Gasteiger partial charge in [0.25, 0.3) is 5.91 Å². The molecule has 0 unspecified atom stereocenters. The van der Waals surface area contributed by atoms with E-state index in [-0.39, 0.29) is 29.7 Å². The summed E-state index contributed by atoms with van der Waals surface area (Å²) < 4.78 is 15.7. The van der Waals surface area contributed by atoms with E-state index in [1.165, 1.54) is 19.2 Å². The molecule has 0 radical (unpaired) electrons. The maximum absolute atomic E-state index is 12.0. The van der Waals surface area contributed by atoms with Gasteiger partial charge in [0.15, 0.2) is 18.1 Å². The Kier molecular flexibility index (Phi) is 6.46. The second-order valence-corrected chi connectivity index (χ2v) is 5.62. The van der Waals surface area contributed by atoms with Gasteiger partial charge in [-0.15, -0.1) is 0 Å². The lowest BCUT2D eigenvalue weighted by Gasteiger charge is -2.14. The number of halogens is 1. The Morgan fingerprint density at radius 1 is 1.23 bits per heavy atom. The molecule has 1 aliphatic rings. The first-order valence-electron chi connectivity index (χ1n) is 7.92. The molecule has 140 valence electrons. The van der Waals surface area contributed by atoms with Crippen LogP contribution in [-0.4, -0.2) is 49.7 Å². The van der Waals surface area contributed by atoms with E-state index in [0.717, 1.165) is 4.90 Å². The van der Waals surface area contributed by atoms with Crippen LogP contribution in [0.4, 0.5) is 4.79 Å². The summed E-state index contributed by atoms with van der Waals surface area (Å²) in [6.45, 7) is 3.75. The maximum Gasteiger partial charge on any atom is 0.344 e. The third-order valence-electron chi connectivity index (χ3n) is 3.36. The zero-order chi connectivity index (χ0) is 19.3. The molecule has 1 aromatic carbocycles. The lowest BCUT2D eigenvalue weighted by Crippen LogP contribution is -2.25. The highest BCUT2D eigenvalue weighted by molar-refractivity contribution is 6.32. The molecule has 2 rings (SSSR count). The maximum atomic E-state index is 12.0. The molecule has 9 heteroatoms. The molecule has 26 heavy (non-hydrogen) atoms. The standard InChI is InChI=1S/C17H19ClN2O6/c1-4-24-13-8-10(7-12-16(22)20(3)17(23)19-12)6-11(18)15(13)26-9-14(21)25-5-2/h6-8H,4-5,9H2,1-3H3,(H,19,23)/b12-7+. The van der Waals surface area contributed by atoms with Gasteiger partial charge in [0, 0.05) is 7.05 Å². The molecule has 1 aromatic rings. The van der Waals surface area contributed by atoms with Crippen LogP contribution >= 0.6 is 11.6 Å². The first kappa shape index (κ1) is 19.6. The quantitative estimate of drug-likeness (QED) is 0.441. The zero-order valence-electron chi connectivity index (χ0n) is 14.6. The van der Waals surface area contributed by atoms with Crippen molar-refractivity contribution in [1.82, 2.24) is 10.2 Å². The second-order valence-electron chi connectivity index (χ2n) is 5.21. The highest BCUT2D eigenvalue weighted by Crippen LogP contribution is 2.37. The van der Waals surface area contributed by atoms with Crippen molar-refractivity contribution < 1.29 is 28.6 Å². The van der Waals surface area contributed by atoms with Crippen LogP contribution in [0, 0.1) is 0 Å². The number of ether oxygens (including phenoxy) is 3. The number of likely N-dealkylation sites (N-methyl/N-ethyl adjacent to an activating group) is 1. The van der Waals surface area contributed by atoms with Crippen molar-refractivity contribution in [3.05, 3.63) is 28.4 Å². The van der Waals surface area contributed by atoms with Gasteiger partial charge in [-0.1, -0.05) is 11.6 Å². The number of benzene rings is 1. The number of carbonyl (C=O) groups excluding carboxylic acids is 3. The van der Waals surface area contributed by atoms with Crippen molar-refractivity contribution in [2.45, 2.75) is 13.8 Å². The van der Waals surface area contributed by atoms with E-state index in [2.05, 4.69) is 5.32 Å². The molecule has 0 atom stereocenters. The molecule has 3 amide bonds. The Morgan fingerprint density at radius 3 is 2.54 bits per heavy atom. The first-order chi connectivity index (χ1) is 12.4. The zero-order valence-corrected chi connectivity index (χ0v) is 15.4. The Balaban J connectivity index is 2.29. The smallest absolute Gasteiger partial charge is 0.344 e. The van der Waals surface area contributed by atoms with Crippen LogP contribution in [0.5, 0.6) is 11.5 Å². The molecule has 1 saturated heterocycles. The summed E-state index contributed by atoms with van der Waals surface area (Å²) >= 11 is 6.24. The summed E-state index contributed by atoms with van der Waals surface area (Å²) in [5, 5.41) is 2.66. The summed E-state index contributed by atoms with van der Waals surface area (Å²) in [5.41, 5.74) is 0.650. The van der Waals surface area contributed by atoms with Gasteiger partial charge in [0.2, 0.25) is 0 Å². The SMILES string of the molecule is CCOC(=O)COc1c(Cl)cc(/C=C2/NC(=O)N(C)C2=O)cc1OCC. The summed E-state index contributed by atoms with van der Waals surface area (Å²) in [4.78, 5) is 35.9. The molecule has 0 saturated carbocycles. The third kappa shape index (κ3) is 4.45. The Morgan fingerprint density at radius 2 is 1.96 bits per heavy atom. The molecule has 0 aliphatic carbocycles. The molecule has 1 heterocycles. The van der Waals surface area contributed by atoms with E-state index >= 15 is 0 Å². The average molecular weight is 383 g/mol. The van der Waals surface area contributed by atoms with Crippen molar-refractivity contribution in [2.24, 2.45) is 0 Å². The van der Waals surface area contributed by atoms with Crippen LogP contribution in [0.1, 0.15) is 19.4 Å². The summed E-state index contributed by atoms with van der Waals surface area (Å²) in [5.74, 6) is -0.477. The number of carbonyl (C=O) groups is 3. The monoisotopic (exact) mass is 382 g/mol. The second kappa shape index (κ2) is 8.57. The fourth-order valence-corrected chi connectivity index (χ4v) is 2.47. The van der Waals surface area contributed by atoms with Crippen LogP contribution in [0.15, 0.2) is 17.8 Å². The summed E-state index contributed by atoms with van der Waals surface area (Å²) in [6, 6.07) is 2.63. The molecule has 0 spiro atoms. The molecule has 0 aromatic heterocycles. The fraction of sp³-hybridized carbons (Fsp3) is 0.353. The predicted octanol–water partition coefficient (Wildman–Crippen LogP) is 2.20. The number of hydrogen-bond acceptors (Lipinski definition) is 6. The summed E-state index contributed by atoms with van der Waals surface area (Å²) in [6.07, 6.45) is 1.48. The van der Waals surface area contributed by atoms with E-state index < -0.39 is 17.9 Å². The van der Waals surface area contributed by atoms with E-state index in [0.29, 0.717) is 17.9 Å². The molecule has 1 aliphatic heterocycles. The van der Waals surface area contributed by atoms with Crippen LogP contribution < -0.4 is 14.8 Å². The normalized spacial score (nSPS) is 15.2. The van der Waals surface area contributed by atoms with Gasteiger partial charge in [-0.2, -0.15) is 0 Å². The van der Waals surface area contributed by atoms with E-state index in [1.807, 2.05) is 0 Å². The number of esters is 1. The van der Waals surface area contributed by atoms with Gasteiger partial charge in [-0.3, -0.25) is 9.69 Å². The topological polar surface area (TPSA) is 94.2 Å². The molecular weight excluding hydrogens is 364 g/mol. The van der Waals surface area contributed by atoms with Crippen molar-refractivity contribution in [2.75, 3.05) is 26.9 Å². The van der Waals surface area contributed by atoms with Gasteiger partial charge in [-0.05, 0) is 37.6 Å². The molecule has 1 N–H and O–H groups in total. The lowest BCUT2D eigenvalue weighted by atomic mass is 10.1. The van der Waals surface area contributed by atoms with Crippen LogP contribution in [-0.2, 0) is 14.3 Å². The largest absolute Gasteiger partial charge is 0.490 e. The van der Waals surface area contributed by atoms with Crippen LogP contribution in [0.25, 0.3) is 6.08 Å². The number of amides is 3. The van der Waals surface area contributed by atoms with Gasteiger partial charge in [0.05, 0.1) is 18.2 Å². The minimum atomic E-state index is -0.528. The number of rotatable bonds is 7. The average Bonchev–Trinajstić information content (AvgIpc) is 2.81. The summed E-state index contributed by atoms with van der Waals surface area (Å²) in [7, 11) is 1.38. The predicted molar refractivity (Wildman–Crippen MR) is 94.0 cm³/mol. The van der Waals surface area contributed by atoms with Gasteiger partial charge in [0.1, 0.15) is 5.70 Å². The highest BCUT2D eigenvalue weighted by atomic mass is 35.5. The molecule has 1 fully saturated rings. The van der Waals surface area contributed by atoms with Crippen LogP contribution in [0.3, 0.4) is 0 Å². The number of hydrogen-bond donors (Lipinski definition) is 1. The first-order valence-corrected chi connectivity index (χ1v) is 8.30. The van der Waals surface area contributed by atoms with Crippen LogP contribution in [0.2, 0.25) is 5.02 Å². The van der Waals surface area contributed by atoms with Crippen molar-refractivity contribution >= 4 is 35.6 Å². The van der Waals surface area contributed by atoms with E-state index in [4.69, 9.17) is 25.8 Å². The van der Waals surface area contributed by atoms with E-state index in [1.54, 1.807) is 19.9 Å². The number of imide groups is 1. The van der Waals surface area contributed by atoms with Gasteiger partial charge < -0.3 is 19.5 Å². The van der Waals surface area contributed by atoms with Crippen molar-refractivity contribution in [1.29, 1.82) is 0 Å². The number of urea groups is 1. The van der Waals surface area contributed by atoms with Gasteiger partial charge >= 0.3 is 12.0 Å². The fourth-order valence-electron chi connectivity index (χ4n) is 2.20. The Bertz CT molecular complexity index is 762. The number of nitrogens with zero attached hydrogens (tertiary/aromatic N) is 1. The Labute approximate surface area is 155 Å². The third-order valence-corrected chi connectivity index (χ3v) is 3.64. The lowest BCUT2D eigenvalue weighted by molar-refractivity contribution is -0.145. The van der Waals surface area contributed by atoms with Crippen molar-refractivity contribution in [3.8, 4) is 11.5 Å². The molecule has 0 bridgehead atoms.